The van der Waals surface area contributed by atoms with E-state index in [4.69, 9.17) is 23.9 Å². The minimum absolute atomic E-state index is 0.0247. The van der Waals surface area contributed by atoms with Gasteiger partial charge in [0.05, 0.1) is 37.2 Å². The summed E-state index contributed by atoms with van der Waals surface area (Å²) in [4.78, 5) is 62.7. The minimum Gasteiger partial charge on any atom is -0.497 e. The van der Waals surface area contributed by atoms with Crippen molar-refractivity contribution in [3.05, 3.63) is 91.0 Å². The predicted octanol–water partition coefficient (Wildman–Crippen LogP) is 5.91. The Hall–Kier alpha value is -6.16. The fraction of sp³-hybridized carbons (Fsp3) is 0.400. The van der Waals surface area contributed by atoms with Crippen LogP contribution in [0.1, 0.15) is 52.0 Å². The summed E-state index contributed by atoms with van der Waals surface area (Å²) in [6, 6.07) is 20.6. The van der Waals surface area contributed by atoms with Crippen LogP contribution >= 0.6 is 0 Å². The molecule has 61 heavy (non-hydrogen) atoms. The van der Waals surface area contributed by atoms with E-state index in [1.54, 1.807) is 71.2 Å². The number of sulfonamides is 1. The first-order chi connectivity index (χ1) is 29.0. The van der Waals surface area contributed by atoms with E-state index in [-0.39, 0.29) is 19.4 Å². The van der Waals surface area contributed by atoms with Crippen LogP contribution in [0.15, 0.2) is 85.5 Å². The summed E-state index contributed by atoms with van der Waals surface area (Å²) in [5, 5.41) is 5.52. The van der Waals surface area contributed by atoms with Crippen LogP contribution in [-0.2, 0) is 29.1 Å². The van der Waals surface area contributed by atoms with Crippen molar-refractivity contribution in [1.82, 2.24) is 19.9 Å². The maximum absolute atomic E-state index is 14.8. The number of hydrogen-bond acceptors (Lipinski definition) is 11. The summed E-state index contributed by atoms with van der Waals surface area (Å²) in [6.07, 6.45) is -0.589. The van der Waals surface area contributed by atoms with Gasteiger partial charge < -0.3 is 29.2 Å². The fourth-order valence-corrected chi connectivity index (χ4v) is 8.99. The third-order valence-corrected chi connectivity index (χ3v) is 13.2. The Morgan fingerprint density at radius 3 is 2.28 bits per heavy atom. The number of aryl methyl sites for hydroxylation is 1. The Kier molecular flexibility index (Phi) is 11.8. The van der Waals surface area contributed by atoms with Crippen molar-refractivity contribution in [2.45, 2.75) is 82.4 Å². The molecule has 2 saturated carbocycles. The summed E-state index contributed by atoms with van der Waals surface area (Å²) in [6.45, 7) is 10.7. The minimum atomic E-state index is -3.94. The van der Waals surface area contributed by atoms with E-state index in [0.717, 1.165) is 5.56 Å². The molecule has 15 nitrogen and oxygen atoms in total. The number of carbonyl (C=O) groups excluding carboxylic acids is 4. The van der Waals surface area contributed by atoms with Crippen molar-refractivity contribution in [3.8, 4) is 28.5 Å². The third kappa shape index (κ3) is 9.14. The Morgan fingerprint density at radius 1 is 0.967 bits per heavy atom. The lowest BCUT2D eigenvalue weighted by atomic mass is 9.88. The van der Waals surface area contributed by atoms with Crippen molar-refractivity contribution in [2.75, 3.05) is 26.1 Å². The molecule has 3 aromatic carbocycles. The molecule has 7 rings (SSSR count). The number of hydrogen-bond donors (Lipinski definition) is 3. The van der Waals surface area contributed by atoms with Gasteiger partial charge in [-0.15, -0.1) is 6.58 Å². The largest absolute Gasteiger partial charge is 0.497 e. The predicted molar refractivity (Wildman–Crippen MR) is 229 cm³/mol. The number of aromatic nitrogens is 1. The van der Waals surface area contributed by atoms with E-state index in [1.807, 2.05) is 36.4 Å². The number of carbonyl (C=O) groups is 4. The molecule has 4 aromatic rings. The Balaban J connectivity index is 1.21. The molecule has 0 bridgehead atoms. The average Bonchev–Trinajstić information content (AvgIpc) is 4.16. The highest BCUT2D eigenvalue weighted by Gasteiger charge is 2.62. The molecule has 0 radical (unpaired) electrons. The number of rotatable bonds is 14. The molecule has 322 valence electrons. The highest BCUT2D eigenvalue weighted by atomic mass is 32.2. The molecular weight excluding hydrogens is 803 g/mol. The topological polar surface area (TPSA) is 192 Å². The van der Waals surface area contributed by atoms with Gasteiger partial charge in [-0.2, -0.15) is 0 Å². The highest BCUT2D eigenvalue weighted by molar-refractivity contribution is 7.91. The molecule has 5 atom stereocenters. The zero-order chi connectivity index (χ0) is 43.9. The van der Waals surface area contributed by atoms with E-state index in [0.29, 0.717) is 57.9 Å². The van der Waals surface area contributed by atoms with Gasteiger partial charge in [0.25, 0.3) is 11.8 Å². The number of amides is 4. The van der Waals surface area contributed by atoms with Gasteiger partial charge in [0.15, 0.2) is 6.10 Å². The molecule has 0 spiro atoms. The standard InChI is InChI=1S/C45H51N5O10S/c1-8-28-24-45(28,42(53)49-61(55,56)32-16-17-32)48-40(51)37-22-31(59-38-23-35(27-12-10-9-11-13-27)46-36-21-30(58-7)14-18-33(36)38)25-50(37)41(52)39(44(3,4)5)60-43(54)47-34-19-15-29(57-6)20-26(34)2/h8-15,18-21,23,28,31-32,37,39H,1,16-17,22,24-25H2,2-7H3,(H,47,54)(H,48,51)(H,49,53)/t28?,31?,37-,39+,45?/m0/s1. The maximum atomic E-state index is 14.8. The monoisotopic (exact) mass is 853 g/mol. The highest BCUT2D eigenvalue weighted by Crippen LogP contribution is 2.46. The van der Waals surface area contributed by atoms with Crippen LogP contribution < -0.4 is 29.6 Å². The molecule has 1 aliphatic heterocycles. The van der Waals surface area contributed by atoms with E-state index >= 15 is 0 Å². The summed E-state index contributed by atoms with van der Waals surface area (Å²) in [7, 11) is -0.846. The zero-order valence-electron chi connectivity index (χ0n) is 35.0. The van der Waals surface area contributed by atoms with Crippen molar-refractivity contribution in [1.29, 1.82) is 0 Å². The van der Waals surface area contributed by atoms with Crippen molar-refractivity contribution in [2.24, 2.45) is 11.3 Å². The van der Waals surface area contributed by atoms with Crippen molar-refractivity contribution in [3.63, 3.8) is 0 Å². The summed E-state index contributed by atoms with van der Waals surface area (Å²) < 4.78 is 51.2. The number of nitrogens with zero attached hydrogens (tertiary/aromatic N) is 2. The lowest BCUT2D eigenvalue weighted by Crippen LogP contribution is -2.58. The van der Waals surface area contributed by atoms with Gasteiger partial charge in [-0.25, -0.2) is 18.2 Å². The van der Waals surface area contributed by atoms with Gasteiger partial charge in [-0.3, -0.25) is 24.4 Å². The molecule has 2 aliphatic carbocycles. The Bertz CT molecular complexity index is 2490. The molecule has 3 aliphatic rings. The number of anilines is 1. The van der Waals surface area contributed by atoms with Gasteiger partial charge in [-0.05, 0) is 62.1 Å². The molecule has 16 heteroatoms. The second-order valence-corrected chi connectivity index (χ2v) is 18.8. The van der Waals surface area contributed by atoms with Gasteiger partial charge in [-0.1, -0.05) is 57.2 Å². The third-order valence-electron chi connectivity index (χ3n) is 11.3. The van der Waals surface area contributed by atoms with Crippen molar-refractivity contribution < 1.29 is 46.5 Å². The Morgan fingerprint density at radius 2 is 1.66 bits per heavy atom. The number of pyridine rings is 1. The van der Waals surface area contributed by atoms with E-state index in [1.165, 1.54) is 18.1 Å². The molecular formula is C45H51N5O10S. The quantitative estimate of drug-likeness (QED) is 0.128. The number of methoxy groups -OCH3 is 2. The van der Waals surface area contributed by atoms with Gasteiger partial charge in [0, 0.05) is 46.5 Å². The molecule has 3 N–H and O–H groups in total. The fourth-order valence-electron chi connectivity index (χ4n) is 7.63. The molecule has 1 saturated heterocycles. The summed E-state index contributed by atoms with van der Waals surface area (Å²) >= 11 is 0. The molecule has 4 amide bonds. The van der Waals surface area contributed by atoms with E-state index < -0.39 is 74.2 Å². The van der Waals surface area contributed by atoms with Gasteiger partial charge >= 0.3 is 6.09 Å². The number of fused-ring (bicyclic) bond motifs is 1. The van der Waals surface area contributed by atoms with E-state index in [2.05, 4.69) is 21.9 Å². The first-order valence-electron chi connectivity index (χ1n) is 20.1. The van der Waals surface area contributed by atoms with Gasteiger partial charge in [0.2, 0.25) is 15.9 Å². The summed E-state index contributed by atoms with van der Waals surface area (Å²) in [5.41, 5.74) is 0.627. The smallest absolute Gasteiger partial charge is 0.412 e. The first kappa shape index (κ1) is 42.9. The van der Waals surface area contributed by atoms with Crippen LogP contribution in [0.5, 0.6) is 17.2 Å². The lowest BCUT2D eigenvalue weighted by Gasteiger charge is -2.34. The van der Waals surface area contributed by atoms with Crippen molar-refractivity contribution >= 4 is 50.4 Å². The van der Waals surface area contributed by atoms with Crippen LogP contribution in [0.3, 0.4) is 0 Å². The number of nitrogens with one attached hydrogen (secondary N) is 3. The number of likely N-dealkylation sites (tertiary alicyclic amines) is 1. The lowest BCUT2D eigenvalue weighted by molar-refractivity contribution is -0.150. The SMILES string of the molecule is C=CC1CC1(NC(=O)[C@@H]1CC(Oc2cc(-c3ccccc3)nc3cc(OC)ccc23)CN1C(=O)[C@@H](OC(=O)Nc1ccc(OC)cc1C)C(C)(C)C)C(=O)NS(=O)(=O)C1CC1. The Labute approximate surface area is 355 Å². The molecule has 1 aromatic heterocycles. The van der Waals surface area contributed by atoms with Crippen LogP contribution in [-0.4, -0.2) is 91.9 Å². The van der Waals surface area contributed by atoms with Crippen LogP contribution in [0.2, 0.25) is 0 Å². The number of benzene rings is 3. The maximum Gasteiger partial charge on any atom is 0.412 e. The molecule has 3 unspecified atom stereocenters. The first-order valence-corrected chi connectivity index (χ1v) is 21.6. The van der Waals surface area contributed by atoms with Crippen LogP contribution in [0, 0.1) is 18.3 Å². The normalized spacial score (nSPS) is 21.5. The van der Waals surface area contributed by atoms with Crippen LogP contribution in [0.25, 0.3) is 22.2 Å². The van der Waals surface area contributed by atoms with Gasteiger partial charge in [0.1, 0.15) is 34.9 Å². The molecule has 2 heterocycles. The second-order valence-electron chi connectivity index (χ2n) is 16.9. The average molecular weight is 854 g/mol. The molecule has 3 fully saturated rings. The zero-order valence-corrected chi connectivity index (χ0v) is 35.8. The number of ether oxygens (including phenoxy) is 4. The second kappa shape index (κ2) is 16.7. The summed E-state index contributed by atoms with van der Waals surface area (Å²) in [5.74, 6) is -1.17. The van der Waals surface area contributed by atoms with E-state index in [9.17, 15) is 27.6 Å². The van der Waals surface area contributed by atoms with Crippen LogP contribution in [0.4, 0.5) is 10.5 Å².